The van der Waals surface area contributed by atoms with Crippen LogP contribution in [0.25, 0.3) is 0 Å². The number of benzene rings is 2. The van der Waals surface area contributed by atoms with Crippen molar-refractivity contribution in [1.82, 2.24) is 10.2 Å². The van der Waals surface area contributed by atoms with Crippen LogP contribution in [-0.2, 0) is 6.42 Å². The standard InChI is InChI=1S/C16H13ClN4OS/c17-12-8-6-11(7-9-12)10-14-20-21-16(23-14)19-15(22)18-13-4-2-1-3-5-13/h1-9H,10H2,(H2,18,19,21,22). The summed E-state index contributed by atoms with van der Waals surface area (Å²) < 4.78 is 0. The lowest BCUT2D eigenvalue weighted by molar-refractivity contribution is 0.262. The number of carbonyl (C=O) groups is 1. The van der Waals surface area contributed by atoms with Crippen molar-refractivity contribution in [1.29, 1.82) is 0 Å². The van der Waals surface area contributed by atoms with Gasteiger partial charge in [0.25, 0.3) is 0 Å². The van der Waals surface area contributed by atoms with Crippen molar-refractivity contribution in [3.05, 3.63) is 70.2 Å². The van der Waals surface area contributed by atoms with Gasteiger partial charge in [0.15, 0.2) is 0 Å². The Bertz CT molecular complexity index is 789. The number of halogens is 1. The van der Waals surface area contributed by atoms with Crippen LogP contribution in [0.4, 0.5) is 15.6 Å². The van der Waals surface area contributed by atoms with E-state index in [4.69, 9.17) is 11.6 Å². The van der Waals surface area contributed by atoms with Crippen LogP contribution < -0.4 is 10.6 Å². The van der Waals surface area contributed by atoms with Gasteiger partial charge in [0.05, 0.1) is 0 Å². The van der Waals surface area contributed by atoms with Crippen LogP contribution in [0.1, 0.15) is 10.6 Å². The van der Waals surface area contributed by atoms with Gasteiger partial charge in [0.2, 0.25) is 5.13 Å². The smallest absolute Gasteiger partial charge is 0.308 e. The van der Waals surface area contributed by atoms with Crippen molar-refractivity contribution in [2.75, 3.05) is 10.6 Å². The van der Waals surface area contributed by atoms with Crippen molar-refractivity contribution >= 4 is 39.8 Å². The summed E-state index contributed by atoms with van der Waals surface area (Å²) in [5, 5.41) is 15.5. The molecule has 1 heterocycles. The molecule has 2 aromatic carbocycles. The lowest BCUT2D eigenvalue weighted by Gasteiger charge is -2.03. The van der Waals surface area contributed by atoms with E-state index in [0.717, 1.165) is 16.3 Å². The third-order valence-corrected chi connectivity index (χ3v) is 4.08. The van der Waals surface area contributed by atoms with Gasteiger partial charge >= 0.3 is 6.03 Å². The number of carbonyl (C=O) groups excluding carboxylic acids is 1. The number of amides is 2. The van der Waals surface area contributed by atoms with Crippen molar-refractivity contribution < 1.29 is 4.79 Å². The topological polar surface area (TPSA) is 66.9 Å². The lowest BCUT2D eigenvalue weighted by Crippen LogP contribution is -2.19. The highest BCUT2D eigenvalue weighted by Crippen LogP contribution is 2.20. The summed E-state index contributed by atoms with van der Waals surface area (Å²) in [5.41, 5.74) is 1.81. The van der Waals surface area contributed by atoms with Crippen LogP contribution in [0.15, 0.2) is 54.6 Å². The minimum absolute atomic E-state index is 0.342. The zero-order valence-electron chi connectivity index (χ0n) is 12.0. The number of nitrogens with zero attached hydrogens (tertiary/aromatic N) is 2. The molecular formula is C16H13ClN4OS. The molecule has 0 atom stereocenters. The molecule has 0 fully saturated rings. The molecule has 0 spiro atoms. The molecule has 5 nitrogen and oxygen atoms in total. The lowest BCUT2D eigenvalue weighted by atomic mass is 10.2. The zero-order chi connectivity index (χ0) is 16.1. The van der Waals surface area contributed by atoms with Gasteiger partial charge in [-0.3, -0.25) is 5.32 Å². The van der Waals surface area contributed by atoms with Crippen molar-refractivity contribution in [3.8, 4) is 0 Å². The van der Waals surface area contributed by atoms with Gasteiger partial charge in [-0.1, -0.05) is 53.3 Å². The van der Waals surface area contributed by atoms with Crippen molar-refractivity contribution in [2.24, 2.45) is 0 Å². The fourth-order valence-corrected chi connectivity index (χ4v) is 2.83. The molecule has 116 valence electrons. The molecule has 7 heteroatoms. The fourth-order valence-electron chi connectivity index (χ4n) is 1.93. The van der Waals surface area contributed by atoms with Crippen LogP contribution in [0, 0.1) is 0 Å². The summed E-state index contributed by atoms with van der Waals surface area (Å²) in [6.45, 7) is 0. The summed E-state index contributed by atoms with van der Waals surface area (Å²) in [7, 11) is 0. The van der Waals surface area contributed by atoms with Crippen LogP contribution in [-0.4, -0.2) is 16.2 Å². The highest BCUT2D eigenvalue weighted by Gasteiger charge is 2.09. The highest BCUT2D eigenvalue weighted by atomic mass is 35.5. The quantitative estimate of drug-likeness (QED) is 0.735. The number of hydrogen-bond donors (Lipinski definition) is 2. The predicted octanol–water partition coefficient (Wildman–Crippen LogP) is 4.43. The van der Waals surface area contributed by atoms with Crippen molar-refractivity contribution in [2.45, 2.75) is 6.42 Å². The second kappa shape index (κ2) is 7.21. The highest BCUT2D eigenvalue weighted by molar-refractivity contribution is 7.15. The zero-order valence-corrected chi connectivity index (χ0v) is 13.6. The first-order valence-electron chi connectivity index (χ1n) is 6.89. The summed E-state index contributed by atoms with van der Waals surface area (Å²) in [6, 6.07) is 16.4. The molecule has 3 aromatic rings. The number of urea groups is 1. The van der Waals surface area contributed by atoms with Crippen LogP contribution >= 0.6 is 22.9 Å². The van der Waals surface area contributed by atoms with E-state index in [9.17, 15) is 4.79 Å². The normalized spacial score (nSPS) is 10.3. The van der Waals surface area contributed by atoms with Gasteiger partial charge in [-0.05, 0) is 29.8 Å². The van der Waals surface area contributed by atoms with Crippen LogP contribution in [0.3, 0.4) is 0 Å². The number of para-hydroxylation sites is 1. The summed E-state index contributed by atoms with van der Waals surface area (Å²) in [6.07, 6.45) is 0.650. The van der Waals surface area contributed by atoms with E-state index in [0.29, 0.717) is 16.6 Å². The molecule has 0 bridgehead atoms. The average Bonchev–Trinajstić information content (AvgIpc) is 2.97. The number of rotatable bonds is 4. The maximum atomic E-state index is 11.9. The number of anilines is 2. The van der Waals surface area contributed by atoms with E-state index in [1.54, 1.807) is 0 Å². The molecule has 0 saturated carbocycles. The summed E-state index contributed by atoms with van der Waals surface area (Å²) in [4.78, 5) is 11.9. The summed E-state index contributed by atoms with van der Waals surface area (Å²) >= 11 is 7.21. The Labute approximate surface area is 142 Å². The maximum Gasteiger partial charge on any atom is 0.325 e. The molecule has 3 rings (SSSR count). The van der Waals surface area contributed by atoms with Gasteiger partial charge in [0, 0.05) is 17.1 Å². The van der Waals surface area contributed by atoms with Crippen LogP contribution in [0.2, 0.25) is 5.02 Å². The molecule has 1 aromatic heterocycles. The van der Waals surface area contributed by atoms with E-state index in [-0.39, 0.29) is 6.03 Å². The number of aromatic nitrogens is 2. The minimum atomic E-state index is -0.342. The second-order valence-electron chi connectivity index (χ2n) is 4.75. The van der Waals surface area contributed by atoms with Gasteiger partial charge in [0.1, 0.15) is 5.01 Å². The Kier molecular flexibility index (Phi) is 4.85. The van der Waals surface area contributed by atoms with Crippen LogP contribution in [0.5, 0.6) is 0 Å². The average molecular weight is 345 g/mol. The molecule has 0 unspecified atom stereocenters. The molecule has 0 radical (unpaired) electrons. The van der Waals surface area contributed by atoms with Gasteiger partial charge in [-0.2, -0.15) is 0 Å². The molecule has 0 aliphatic heterocycles. The Morgan fingerprint density at radius 3 is 2.48 bits per heavy atom. The third-order valence-electron chi connectivity index (χ3n) is 2.99. The fraction of sp³-hybridized carbons (Fsp3) is 0.0625. The predicted molar refractivity (Wildman–Crippen MR) is 93.3 cm³/mol. The minimum Gasteiger partial charge on any atom is -0.308 e. The molecule has 2 amide bonds. The van der Waals surface area contributed by atoms with Gasteiger partial charge in [-0.15, -0.1) is 10.2 Å². The Balaban J connectivity index is 1.58. The number of hydrogen-bond acceptors (Lipinski definition) is 4. The Morgan fingerprint density at radius 1 is 1.00 bits per heavy atom. The van der Waals surface area contributed by atoms with E-state index >= 15 is 0 Å². The third kappa shape index (κ3) is 4.51. The first-order chi connectivity index (χ1) is 11.2. The summed E-state index contributed by atoms with van der Waals surface area (Å²) in [5.74, 6) is 0. The monoisotopic (exact) mass is 344 g/mol. The Hall–Kier alpha value is -2.44. The maximum absolute atomic E-state index is 11.9. The van der Waals surface area contributed by atoms with E-state index in [1.165, 1.54) is 11.3 Å². The number of nitrogens with one attached hydrogen (secondary N) is 2. The second-order valence-corrected chi connectivity index (χ2v) is 6.25. The molecule has 23 heavy (non-hydrogen) atoms. The SMILES string of the molecule is O=C(Nc1ccccc1)Nc1nnc(Cc2ccc(Cl)cc2)s1. The van der Waals surface area contributed by atoms with E-state index < -0.39 is 0 Å². The molecular weight excluding hydrogens is 332 g/mol. The first kappa shape index (κ1) is 15.5. The molecule has 2 N–H and O–H groups in total. The Morgan fingerprint density at radius 2 is 1.74 bits per heavy atom. The largest absolute Gasteiger partial charge is 0.325 e. The van der Waals surface area contributed by atoms with Gasteiger partial charge in [-0.25, -0.2) is 4.79 Å². The van der Waals surface area contributed by atoms with E-state index in [2.05, 4.69) is 20.8 Å². The van der Waals surface area contributed by atoms with Crippen molar-refractivity contribution in [3.63, 3.8) is 0 Å². The van der Waals surface area contributed by atoms with E-state index in [1.807, 2.05) is 54.6 Å². The first-order valence-corrected chi connectivity index (χ1v) is 8.08. The molecule has 0 aliphatic carbocycles. The molecule has 0 aliphatic rings. The van der Waals surface area contributed by atoms with Gasteiger partial charge < -0.3 is 5.32 Å². The molecule has 0 saturated heterocycles.